The molecule has 2 aromatic heterocycles. The molecule has 0 aliphatic rings. The quantitative estimate of drug-likeness (QED) is 0.879. The van der Waals surface area contributed by atoms with Gasteiger partial charge >= 0.3 is 6.18 Å². The first-order chi connectivity index (χ1) is 10.4. The van der Waals surface area contributed by atoms with Crippen molar-refractivity contribution in [3.05, 3.63) is 55.1 Å². The number of carbonyl (C=O) groups is 1. The molecule has 0 saturated carbocycles. The summed E-state index contributed by atoms with van der Waals surface area (Å²) >= 11 is 0. The summed E-state index contributed by atoms with van der Waals surface area (Å²) < 4.78 is 43.0. The molecule has 0 radical (unpaired) electrons. The van der Waals surface area contributed by atoms with Crippen molar-refractivity contribution < 1.29 is 22.7 Å². The number of pyridine rings is 2. The third kappa shape index (κ3) is 4.05. The second-order valence-corrected chi connectivity index (χ2v) is 4.08. The number of hydrogen-bond acceptors (Lipinski definition) is 4. The zero-order chi connectivity index (χ0) is 16.2. The van der Waals surface area contributed by atoms with Gasteiger partial charge in [0.2, 0.25) is 5.91 Å². The van der Waals surface area contributed by atoms with Gasteiger partial charge in [-0.25, -0.2) is 0 Å². The highest BCUT2D eigenvalue weighted by molar-refractivity contribution is 5.98. The van der Waals surface area contributed by atoms with E-state index in [2.05, 4.69) is 21.9 Å². The molecule has 0 spiro atoms. The predicted molar refractivity (Wildman–Crippen MR) is 72.4 cm³/mol. The normalized spacial score (nSPS) is 10.9. The van der Waals surface area contributed by atoms with Crippen LogP contribution in [0.5, 0.6) is 11.5 Å². The second kappa shape index (κ2) is 6.25. The molecule has 22 heavy (non-hydrogen) atoms. The minimum atomic E-state index is -4.56. The van der Waals surface area contributed by atoms with Crippen LogP contribution in [0.15, 0.2) is 49.4 Å². The van der Waals surface area contributed by atoms with Crippen LogP contribution < -0.4 is 10.1 Å². The molecule has 2 heterocycles. The number of rotatable bonds is 4. The van der Waals surface area contributed by atoms with E-state index in [0.717, 1.165) is 18.3 Å². The number of nitrogens with zero attached hydrogens (tertiary/aromatic N) is 2. The van der Waals surface area contributed by atoms with Gasteiger partial charge in [0.1, 0.15) is 17.2 Å². The summed E-state index contributed by atoms with van der Waals surface area (Å²) in [7, 11) is 0. The first kappa shape index (κ1) is 15.5. The van der Waals surface area contributed by atoms with Crippen LogP contribution in [0.1, 0.15) is 5.69 Å². The number of alkyl halides is 3. The van der Waals surface area contributed by atoms with Gasteiger partial charge < -0.3 is 10.1 Å². The molecule has 1 N–H and O–H groups in total. The van der Waals surface area contributed by atoms with Crippen LogP contribution in [0.4, 0.5) is 18.9 Å². The maximum Gasteiger partial charge on any atom is 0.433 e. The number of anilines is 1. The van der Waals surface area contributed by atoms with Gasteiger partial charge in [-0.15, -0.1) is 0 Å². The van der Waals surface area contributed by atoms with Crippen molar-refractivity contribution in [2.24, 2.45) is 0 Å². The molecule has 0 aromatic carbocycles. The number of hydrogen-bond donors (Lipinski definition) is 1. The maximum atomic E-state index is 12.6. The Morgan fingerprint density at radius 2 is 2.05 bits per heavy atom. The van der Waals surface area contributed by atoms with Crippen LogP contribution in [-0.2, 0) is 11.0 Å². The summed E-state index contributed by atoms with van der Waals surface area (Å²) in [6.07, 6.45) is 0.178. The first-order valence-electron chi connectivity index (χ1n) is 5.98. The number of halogens is 3. The van der Waals surface area contributed by atoms with E-state index < -0.39 is 17.8 Å². The molecule has 8 heteroatoms. The van der Waals surface area contributed by atoms with E-state index in [-0.39, 0.29) is 11.5 Å². The molecule has 0 atom stereocenters. The van der Waals surface area contributed by atoms with Crippen molar-refractivity contribution in [2.45, 2.75) is 6.18 Å². The summed E-state index contributed by atoms with van der Waals surface area (Å²) in [5.74, 6) is -0.320. The summed E-state index contributed by atoms with van der Waals surface area (Å²) in [6.45, 7) is 3.30. The maximum absolute atomic E-state index is 12.6. The number of carbonyl (C=O) groups excluding carboxylic acids is 1. The Bertz CT molecular complexity index is 702. The van der Waals surface area contributed by atoms with E-state index in [1.807, 2.05) is 0 Å². The summed E-state index contributed by atoms with van der Waals surface area (Å²) in [5, 5.41) is 2.46. The Kier molecular flexibility index (Phi) is 4.40. The summed E-state index contributed by atoms with van der Waals surface area (Å²) in [6, 6.07) is 3.47. The topological polar surface area (TPSA) is 64.1 Å². The fourth-order valence-electron chi connectivity index (χ4n) is 1.50. The van der Waals surface area contributed by atoms with Crippen LogP contribution in [0.2, 0.25) is 0 Å². The smallest absolute Gasteiger partial charge is 0.433 e. The first-order valence-corrected chi connectivity index (χ1v) is 5.98. The van der Waals surface area contributed by atoms with E-state index in [9.17, 15) is 18.0 Å². The van der Waals surface area contributed by atoms with Gasteiger partial charge in [0.15, 0.2) is 0 Å². The Morgan fingerprint density at radius 1 is 1.27 bits per heavy atom. The van der Waals surface area contributed by atoms with E-state index >= 15 is 0 Å². The van der Waals surface area contributed by atoms with Crippen LogP contribution in [0.3, 0.4) is 0 Å². The van der Waals surface area contributed by atoms with E-state index in [0.29, 0.717) is 5.69 Å². The standard InChI is InChI=1S/C14H10F3N3O2/c1-2-13(21)20-9-5-11(8-18-7-9)22-10-3-4-19-12(6-10)14(15,16)17/h2-8H,1H2,(H,20,21). The summed E-state index contributed by atoms with van der Waals surface area (Å²) in [4.78, 5) is 18.2. The van der Waals surface area contributed by atoms with Crippen LogP contribution in [0.25, 0.3) is 0 Å². The minimum absolute atomic E-state index is 0.0451. The van der Waals surface area contributed by atoms with Crippen LogP contribution >= 0.6 is 0 Å². The lowest BCUT2D eigenvalue weighted by molar-refractivity contribution is -0.141. The van der Waals surface area contributed by atoms with Gasteiger partial charge in [-0.2, -0.15) is 13.2 Å². The molecule has 0 unspecified atom stereocenters. The van der Waals surface area contributed by atoms with Crippen molar-refractivity contribution in [3.63, 3.8) is 0 Å². The molecular formula is C14H10F3N3O2. The van der Waals surface area contributed by atoms with Gasteiger partial charge in [-0.1, -0.05) is 6.58 Å². The van der Waals surface area contributed by atoms with Gasteiger partial charge in [-0.05, 0) is 12.1 Å². The monoisotopic (exact) mass is 309 g/mol. The SMILES string of the molecule is C=CC(=O)Nc1cncc(Oc2ccnc(C(F)(F)F)c2)c1. The van der Waals surface area contributed by atoms with Gasteiger partial charge in [0, 0.05) is 18.3 Å². The molecule has 5 nitrogen and oxygen atoms in total. The van der Waals surface area contributed by atoms with Crippen molar-refractivity contribution in [2.75, 3.05) is 5.32 Å². The molecule has 2 aromatic rings. The Balaban J connectivity index is 2.19. The average molecular weight is 309 g/mol. The number of nitrogens with one attached hydrogen (secondary N) is 1. The zero-order valence-electron chi connectivity index (χ0n) is 11.1. The average Bonchev–Trinajstić information content (AvgIpc) is 2.47. The van der Waals surface area contributed by atoms with Crippen molar-refractivity contribution in [1.82, 2.24) is 9.97 Å². The van der Waals surface area contributed by atoms with Gasteiger partial charge in [-0.3, -0.25) is 14.8 Å². The molecule has 2 rings (SSSR count). The van der Waals surface area contributed by atoms with Gasteiger partial charge in [0.25, 0.3) is 0 Å². The summed E-state index contributed by atoms with van der Waals surface area (Å²) in [5.41, 5.74) is -0.735. The molecule has 114 valence electrons. The van der Waals surface area contributed by atoms with Crippen LogP contribution in [-0.4, -0.2) is 15.9 Å². The van der Waals surface area contributed by atoms with Gasteiger partial charge in [0.05, 0.1) is 18.1 Å². The van der Waals surface area contributed by atoms with E-state index in [1.54, 1.807) is 0 Å². The molecular weight excluding hydrogens is 299 g/mol. The molecule has 0 aliphatic heterocycles. The highest BCUT2D eigenvalue weighted by Crippen LogP contribution is 2.31. The zero-order valence-corrected chi connectivity index (χ0v) is 11.1. The fourth-order valence-corrected chi connectivity index (χ4v) is 1.50. The predicted octanol–water partition coefficient (Wildman–Crippen LogP) is 3.41. The number of aromatic nitrogens is 2. The minimum Gasteiger partial charge on any atom is -0.456 e. The van der Waals surface area contributed by atoms with E-state index in [1.165, 1.54) is 24.5 Å². The Labute approximate surface area is 123 Å². The van der Waals surface area contributed by atoms with Crippen molar-refractivity contribution in [1.29, 1.82) is 0 Å². The molecule has 0 saturated heterocycles. The fraction of sp³-hybridized carbons (Fsp3) is 0.0714. The second-order valence-electron chi connectivity index (χ2n) is 4.08. The lowest BCUT2D eigenvalue weighted by Gasteiger charge is -2.10. The van der Waals surface area contributed by atoms with E-state index in [4.69, 9.17) is 4.74 Å². The van der Waals surface area contributed by atoms with Crippen molar-refractivity contribution in [3.8, 4) is 11.5 Å². The Morgan fingerprint density at radius 3 is 2.73 bits per heavy atom. The Hall–Kier alpha value is -2.90. The third-order valence-electron chi connectivity index (χ3n) is 2.42. The lowest BCUT2D eigenvalue weighted by Crippen LogP contribution is -2.08. The molecule has 1 amide bonds. The lowest BCUT2D eigenvalue weighted by atomic mass is 10.3. The third-order valence-corrected chi connectivity index (χ3v) is 2.42. The number of ether oxygens (including phenoxy) is 1. The number of amides is 1. The molecule has 0 aliphatic carbocycles. The molecule has 0 fully saturated rings. The highest BCUT2D eigenvalue weighted by atomic mass is 19.4. The highest BCUT2D eigenvalue weighted by Gasteiger charge is 2.32. The van der Waals surface area contributed by atoms with Crippen molar-refractivity contribution >= 4 is 11.6 Å². The molecule has 0 bridgehead atoms. The largest absolute Gasteiger partial charge is 0.456 e. The van der Waals surface area contributed by atoms with Crippen LogP contribution in [0, 0.1) is 0 Å².